The second-order valence-electron chi connectivity index (χ2n) is 8.73. The molecule has 1 aliphatic rings. The molecule has 1 aliphatic heterocycles. The number of rotatable bonds is 6. The average Bonchev–Trinajstić information content (AvgIpc) is 3.43. The van der Waals surface area contributed by atoms with Gasteiger partial charge in [-0.25, -0.2) is 0 Å². The van der Waals surface area contributed by atoms with E-state index >= 15 is 0 Å². The predicted molar refractivity (Wildman–Crippen MR) is 137 cm³/mol. The number of Topliss-reactive ketones (excluding diaryl/α,β-unsaturated/α-hetero) is 1. The largest absolute Gasteiger partial charge is 0.507 e. The molecule has 36 heavy (non-hydrogen) atoms. The molecule has 1 saturated heterocycles. The van der Waals surface area contributed by atoms with E-state index in [-0.39, 0.29) is 17.9 Å². The number of H-pyrrole nitrogens is 1. The van der Waals surface area contributed by atoms with Gasteiger partial charge in [0.05, 0.1) is 37.9 Å². The standard InChI is InChI=1S/C29H26N2O5/c1-17-12-13-24(36-3)20(14-17)27(32)25-26(21-15-30-22-10-6-5-9-19(21)22)31(29(34)28(25)33)16-18-8-4-7-11-23(18)35-2/h4-15,26,30,32H,16H2,1-3H3/b27-25+. The Morgan fingerprint density at radius 1 is 0.972 bits per heavy atom. The first-order valence-electron chi connectivity index (χ1n) is 11.6. The number of aliphatic hydroxyl groups excluding tert-OH is 1. The fraction of sp³-hybridized carbons (Fsp3) is 0.172. The number of benzene rings is 3. The summed E-state index contributed by atoms with van der Waals surface area (Å²) in [6.07, 6.45) is 1.79. The fourth-order valence-corrected chi connectivity index (χ4v) is 4.86. The number of likely N-dealkylation sites (tertiary alicyclic amines) is 1. The highest BCUT2D eigenvalue weighted by Crippen LogP contribution is 2.44. The van der Waals surface area contributed by atoms with Crippen LogP contribution in [0.4, 0.5) is 0 Å². The molecule has 7 nitrogen and oxygen atoms in total. The average molecular weight is 483 g/mol. The monoisotopic (exact) mass is 482 g/mol. The molecule has 1 atom stereocenters. The van der Waals surface area contributed by atoms with Crippen molar-refractivity contribution >= 4 is 28.4 Å². The predicted octanol–water partition coefficient (Wildman–Crippen LogP) is 5.12. The Morgan fingerprint density at radius 2 is 1.69 bits per heavy atom. The van der Waals surface area contributed by atoms with E-state index < -0.39 is 17.7 Å². The maximum atomic E-state index is 13.5. The molecule has 2 heterocycles. The summed E-state index contributed by atoms with van der Waals surface area (Å²) in [6.45, 7) is 2.01. The molecule has 2 N–H and O–H groups in total. The number of aliphatic hydroxyl groups is 1. The second kappa shape index (κ2) is 9.26. The van der Waals surface area contributed by atoms with Gasteiger partial charge in [-0.15, -0.1) is 0 Å². The Labute approximate surface area is 208 Å². The molecule has 0 aliphatic carbocycles. The summed E-state index contributed by atoms with van der Waals surface area (Å²) in [5.41, 5.74) is 3.58. The van der Waals surface area contributed by atoms with E-state index in [1.807, 2.05) is 61.5 Å². The van der Waals surface area contributed by atoms with Crippen LogP contribution in [0.3, 0.4) is 0 Å². The maximum absolute atomic E-state index is 13.5. The van der Waals surface area contributed by atoms with E-state index in [9.17, 15) is 14.7 Å². The van der Waals surface area contributed by atoms with Crippen LogP contribution in [-0.4, -0.2) is 40.9 Å². The van der Waals surface area contributed by atoms with Gasteiger partial charge in [0.1, 0.15) is 17.3 Å². The minimum absolute atomic E-state index is 0.0172. The normalized spacial score (nSPS) is 17.1. The van der Waals surface area contributed by atoms with E-state index in [4.69, 9.17) is 9.47 Å². The van der Waals surface area contributed by atoms with Crippen LogP contribution in [-0.2, 0) is 16.1 Å². The highest BCUT2D eigenvalue weighted by Gasteiger charge is 2.47. The topological polar surface area (TPSA) is 91.9 Å². The number of nitrogens with one attached hydrogen (secondary N) is 1. The number of carbonyl (C=O) groups excluding carboxylic acids is 2. The lowest BCUT2D eigenvalue weighted by Crippen LogP contribution is -2.29. The van der Waals surface area contributed by atoms with Crippen LogP contribution in [0.15, 0.2) is 78.5 Å². The minimum atomic E-state index is -0.823. The Morgan fingerprint density at radius 3 is 2.47 bits per heavy atom. The van der Waals surface area contributed by atoms with Gasteiger partial charge < -0.3 is 24.5 Å². The number of nitrogens with zero attached hydrogens (tertiary/aromatic N) is 1. The van der Waals surface area contributed by atoms with Gasteiger partial charge in [-0.1, -0.05) is 48.0 Å². The third kappa shape index (κ3) is 3.79. The number of para-hydroxylation sites is 2. The van der Waals surface area contributed by atoms with Crippen LogP contribution in [0.2, 0.25) is 0 Å². The number of hydrogen-bond donors (Lipinski definition) is 2. The number of amides is 1. The summed E-state index contributed by atoms with van der Waals surface area (Å²) in [4.78, 5) is 31.7. The summed E-state index contributed by atoms with van der Waals surface area (Å²) >= 11 is 0. The SMILES string of the molecule is COc1ccccc1CN1C(=O)C(=O)/C(=C(/O)c2cc(C)ccc2OC)C1c1c[nH]c2ccccc12. The van der Waals surface area contributed by atoms with Crippen molar-refractivity contribution in [2.24, 2.45) is 0 Å². The Bertz CT molecular complexity index is 1520. The van der Waals surface area contributed by atoms with Crippen LogP contribution in [0.5, 0.6) is 11.5 Å². The Kier molecular flexibility index (Phi) is 5.98. The van der Waals surface area contributed by atoms with Gasteiger partial charge in [-0.2, -0.15) is 0 Å². The summed E-state index contributed by atoms with van der Waals surface area (Å²) in [7, 11) is 3.06. The highest BCUT2D eigenvalue weighted by atomic mass is 16.5. The molecule has 182 valence electrons. The van der Waals surface area contributed by atoms with Gasteiger partial charge in [0.2, 0.25) is 0 Å². The van der Waals surface area contributed by atoms with E-state index in [0.717, 1.165) is 22.0 Å². The molecule has 3 aromatic carbocycles. The van der Waals surface area contributed by atoms with Crippen molar-refractivity contribution in [2.45, 2.75) is 19.5 Å². The molecule has 1 unspecified atom stereocenters. The first kappa shape index (κ1) is 23.2. The second-order valence-corrected chi connectivity index (χ2v) is 8.73. The third-order valence-electron chi connectivity index (χ3n) is 6.60. The molecular formula is C29H26N2O5. The van der Waals surface area contributed by atoms with Gasteiger partial charge in [-0.3, -0.25) is 9.59 Å². The van der Waals surface area contributed by atoms with Gasteiger partial charge in [0.15, 0.2) is 0 Å². The molecule has 1 aromatic heterocycles. The molecular weight excluding hydrogens is 456 g/mol. The molecule has 0 bridgehead atoms. The van der Waals surface area contributed by atoms with E-state index in [0.29, 0.717) is 22.6 Å². The number of ether oxygens (including phenoxy) is 2. The molecule has 1 fully saturated rings. The lowest BCUT2D eigenvalue weighted by molar-refractivity contribution is -0.140. The number of ketones is 1. The number of aryl methyl sites for hydroxylation is 1. The maximum Gasteiger partial charge on any atom is 0.295 e. The number of hydrogen-bond acceptors (Lipinski definition) is 5. The quantitative estimate of drug-likeness (QED) is 0.226. The number of aromatic amines is 1. The van der Waals surface area contributed by atoms with Gasteiger partial charge >= 0.3 is 0 Å². The van der Waals surface area contributed by atoms with Crippen LogP contribution in [0.25, 0.3) is 16.7 Å². The number of aromatic nitrogens is 1. The zero-order chi connectivity index (χ0) is 25.4. The lowest BCUT2D eigenvalue weighted by atomic mass is 9.94. The van der Waals surface area contributed by atoms with Gasteiger partial charge in [-0.05, 0) is 31.2 Å². The molecule has 5 rings (SSSR count). The molecule has 0 spiro atoms. The molecule has 7 heteroatoms. The summed E-state index contributed by atoms with van der Waals surface area (Å²) < 4.78 is 11.0. The third-order valence-corrected chi connectivity index (χ3v) is 6.60. The van der Waals surface area contributed by atoms with Crippen molar-refractivity contribution in [3.63, 3.8) is 0 Å². The van der Waals surface area contributed by atoms with Gasteiger partial charge in [0, 0.05) is 28.2 Å². The summed E-state index contributed by atoms with van der Waals surface area (Å²) in [6, 6.07) is 19.5. The highest BCUT2D eigenvalue weighted by molar-refractivity contribution is 6.46. The van der Waals surface area contributed by atoms with E-state index in [1.54, 1.807) is 25.4 Å². The van der Waals surface area contributed by atoms with Crippen molar-refractivity contribution in [1.29, 1.82) is 0 Å². The van der Waals surface area contributed by atoms with Crippen molar-refractivity contribution < 1.29 is 24.2 Å². The fourth-order valence-electron chi connectivity index (χ4n) is 4.86. The van der Waals surface area contributed by atoms with Crippen molar-refractivity contribution in [3.8, 4) is 11.5 Å². The van der Waals surface area contributed by atoms with Crippen LogP contribution in [0.1, 0.15) is 28.3 Å². The molecule has 0 saturated carbocycles. The first-order chi connectivity index (χ1) is 17.4. The number of fused-ring (bicyclic) bond motifs is 1. The van der Waals surface area contributed by atoms with Gasteiger partial charge in [0.25, 0.3) is 11.7 Å². The van der Waals surface area contributed by atoms with Crippen LogP contribution in [0, 0.1) is 6.92 Å². The molecule has 4 aromatic rings. The lowest BCUT2D eigenvalue weighted by Gasteiger charge is -2.26. The van der Waals surface area contributed by atoms with Crippen molar-refractivity contribution in [2.75, 3.05) is 14.2 Å². The Hall–Kier alpha value is -4.52. The number of methoxy groups -OCH3 is 2. The first-order valence-corrected chi connectivity index (χ1v) is 11.6. The summed E-state index contributed by atoms with van der Waals surface area (Å²) in [5.74, 6) is -0.693. The zero-order valence-electron chi connectivity index (χ0n) is 20.2. The number of carbonyl (C=O) groups is 2. The van der Waals surface area contributed by atoms with Crippen molar-refractivity contribution in [3.05, 3.63) is 101 Å². The smallest absolute Gasteiger partial charge is 0.295 e. The zero-order valence-corrected chi connectivity index (χ0v) is 20.2. The molecule has 1 amide bonds. The minimum Gasteiger partial charge on any atom is -0.507 e. The molecule has 0 radical (unpaired) electrons. The van der Waals surface area contributed by atoms with Crippen LogP contribution >= 0.6 is 0 Å². The van der Waals surface area contributed by atoms with E-state index in [1.165, 1.54) is 12.0 Å². The van der Waals surface area contributed by atoms with E-state index in [2.05, 4.69) is 4.98 Å². The summed E-state index contributed by atoms with van der Waals surface area (Å²) in [5, 5.41) is 12.4. The van der Waals surface area contributed by atoms with Crippen LogP contribution < -0.4 is 9.47 Å². The Balaban J connectivity index is 1.74. The van der Waals surface area contributed by atoms with Crippen molar-refractivity contribution in [1.82, 2.24) is 9.88 Å².